The summed E-state index contributed by atoms with van der Waals surface area (Å²) in [6.45, 7) is 11.5. The summed E-state index contributed by atoms with van der Waals surface area (Å²) in [6, 6.07) is 5.77. The van der Waals surface area contributed by atoms with Crippen LogP contribution in [0.3, 0.4) is 0 Å². The van der Waals surface area contributed by atoms with E-state index in [0.717, 1.165) is 17.7 Å². The first-order valence-electron chi connectivity index (χ1n) is 7.26. The highest BCUT2D eigenvalue weighted by molar-refractivity contribution is 6.00. The molecular weight excluding hydrogens is 250 g/mol. The van der Waals surface area contributed by atoms with Gasteiger partial charge in [0.15, 0.2) is 5.78 Å². The van der Waals surface area contributed by atoms with Gasteiger partial charge in [0, 0.05) is 12.1 Å². The number of nitrogens with zero attached hydrogens (tertiary/aromatic N) is 1. The molecule has 0 amide bonds. The molecule has 0 aromatic heterocycles. The van der Waals surface area contributed by atoms with Crippen LogP contribution in [-0.2, 0) is 4.74 Å². The van der Waals surface area contributed by atoms with E-state index in [0.29, 0.717) is 6.61 Å². The highest BCUT2D eigenvalue weighted by atomic mass is 16.5. The zero-order chi connectivity index (χ0) is 15.3. The second-order valence-electron chi connectivity index (χ2n) is 5.74. The van der Waals surface area contributed by atoms with Gasteiger partial charge in [-0.2, -0.15) is 0 Å². The Kier molecular flexibility index (Phi) is 6.37. The van der Waals surface area contributed by atoms with Crippen LogP contribution in [0.4, 0.5) is 0 Å². The van der Waals surface area contributed by atoms with Gasteiger partial charge < -0.3 is 4.74 Å². The van der Waals surface area contributed by atoms with E-state index < -0.39 is 0 Å². The summed E-state index contributed by atoms with van der Waals surface area (Å²) in [5, 5.41) is 0. The Labute approximate surface area is 122 Å². The molecule has 0 fully saturated rings. The van der Waals surface area contributed by atoms with Crippen molar-refractivity contribution < 1.29 is 9.53 Å². The lowest BCUT2D eigenvalue weighted by Crippen LogP contribution is -2.38. The Morgan fingerprint density at radius 3 is 2.40 bits per heavy atom. The van der Waals surface area contributed by atoms with E-state index in [1.165, 1.54) is 5.56 Å². The number of aryl methyl sites for hydroxylation is 2. The molecule has 0 N–H and O–H groups in total. The van der Waals surface area contributed by atoms with Crippen molar-refractivity contribution >= 4 is 5.78 Å². The van der Waals surface area contributed by atoms with Gasteiger partial charge in [-0.05, 0) is 58.9 Å². The summed E-state index contributed by atoms with van der Waals surface area (Å²) >= 11 is 0. The van der Waals surface area contributed by atoms with Gasteiger partial charge in [0.05, 0.1) is 18.8 Å². The fourth-order valence-corrected chi connectivity index (χ4v) is 1.96. The molecule has 112 valence electrons. The van der Waals surface area contributed by atoms with Gasteiger partial charge in [0.1, 0.15) is 0 Å². The zero-order valence-electron chi connectivity index (χ0n) is 13.6. The first-order chi connectivity index (χ1) is 9.32. The van der Waals surface area contributed by atoms with Gasteiger partial charge in [0.25, 0.3) is 0 Å². The van der Waals surface area contributed by atoms with E-state index in [1.54, 1.807) is 0 Å². The van der Waals surface area contributed by atoms with E-state index in [-0.39, 0.29) is 17.9 Å². The molecule has 0 saturated carbocycles. The van der Waals surface area contributed by atoms with Gasteiger partial charge >= 0.3 is 0 Å². The minimum absolute atomic E-state index is 0.132. The number of ether oxygens (including phenoxy) is 1. The normalized spacial score (nSPS) is 13.0. The van der Waals surface area contributed by atoms with Crippen LogP contribution in [0.25, 0.3) is 0 Å². The third-order valence-electron chi connectivity index (χ3n) is 3.73. The lowest BCUT2D eigenvalue weighted by atomic mass is 10.00. The summed E-state index contributed by atoms with van der Waals surface area (Å²) in [4.78, 5) is 14.5. The molecule has 1 rings (SSSR count). The van der Waals surface area contributed by atoms with Crippen molar-refractivity contribution in [2.75, 3.05) is 20.2 Å². The quantitative estimate of drug-likeness (QED) is 0.717. The number of Topliss-reactive ketones (excluding diaryl/α,β-unsaturated/α-hetero) is 1. The summed E-state index contributed by atoms with van der Waals surface area (Å²) in [7, 11) is 1.97. The van der Waals surface area contributed by atoms with Gasteiger partial charge in [-0.1, -0.05) is 12.1 Å². The van der Waals surface area contributed by atoms with Crippen LogP contribution >= 0.6 is 0 Å². The third-order valence-corrected chi connectivity index (χ3v) is 3.73. The van der Waals surface area contributed by atoms with Gasteiger partial charge in [0.2, 0.25) is 0 Å². The van der Waals surface area contributed by atoms with Crippen molar-refractivity contribution in [2.45, 2.75) is 46.8 Å². The number of rotatable bonds is 7. The van der Waals surface area contributed by atoms with E-state index in [4.69, 9.17) is 4.74 Å². The molecule has 0 aliphatic heterocycles. The molecule has 20 heavy (non-hydrogen) atoms. The maximum Gasteiger partial charge on any atom is 0.179 e. The molecule has 0 spiro atoms. The van der Waals surface area contributed by atoms with Crippen LogP contribution in [0.2, 0.25) is 0 Å². The van der Waals surface area contributed by atoms with Crippen molar-refractivity contribution in [3.8, 4) is 0 Å². The molecule has 1 unspecified atom stereocenters. The van der Waals surface area contributed by atoms with E-state index in [1.807, 2.05) is 57.8 Å². The van der Waals surface area contributed by atoms with Crippen molar-refractivity contribution in [1.29, 1.82) is 0 Å². The molecular formula is C17H27NO2. The number of hydrogen-bond donors (Lipinski definition) is 0. The van der Waals surface area contributed by atoms with E-state index >= 15 is 0 Å². The topological polar surface area (TPSA) is 29.5 Å². The van der Waals surface area contributed by atoms with E-state index in [2.05, 4.69) is 6.92 Å². The number of carbonyl (C=O) groups excluding carboxylic acids is 1. The van der Waals surface area contributed by atoms with Crippen LogP contribution in [-0.4, -0.2) is 43.0 Å². The smallest absolute Gasteiger partial charge is 0.179 e. The molecule has 0 aliphatic rings. The number of carbonyl (C=O) groups is 1. The van der Waals surface area contributed by atoms with Gasteiger partial charge in [-0.15, -0.1) is 0 Å². The fraction of sp³-hybridized carbons (Fsp3) is 0.588. The molecule has 0 bridgehead atoms. The van der Waals surface area contributed by atoms with Crippen LogP contribution in [0.5, 0.6) is 0 Å². The number of benzene rings is 1. The first-order valence-corrected chi connectivity index (χ1v) is 7.26. The van der Waals surface area contributed by atoms with E-state index in [9.17, 15) is 4.79 Å². The summed E-state index contributed by atoms with van der Waals surface area (Å²) in [5.41, 5.74) is 3.17. The lowest BCUT2D eigenvalue weighted by Gasteiger charge is -2.24. The molecule has 0 saturated heterocycles. The average molecular weight is 277 g/mol. The largest absolute Gasteiger partial charge is 0.377 e. The van der Waals surface area contributed by atoms with Crippen molar-refractivity contribution in [3.05, 3.63) is 34.9 Å². The Morgan fingerprint density at radius 1 is 1.20 bits per heavy atom. The van der Waals surface area contributed by atoms with Crippen molar-refractivity contribution in [2.24, 2.45) is 0 Å². The van der Waals surface area contributed by atoms with Crippen LogP contribution in [0.15, 0.2) is 18.2 Å². The predicted octanol–water partition coefficient (Wildman–Crippen LogP) is 3.23. The zero-order valence-corrected chi connectivity index (χ0v) is 13.6. The Morgan fingerprint density at radius 2 is 1.85 bits per heavy atom. The first kappa shape index (κ1) is 16.9. The third kappa shape index (κ3) is 4.73. The molecule has 0 aliphatic carbocycles. The Bertz CT molecular complexity index is 454. The van der Waals surface area contributed by atoms with Crippen molar-refractivity contribution in [1.82, 2.24) is 4.90 Å². The highest BCUT2D eigenvalue weighted by Crippen LogP contribution is 2.13. The monoisotopic (exact) mass is 277 g/mol. The maximum atomic E-state index is 12.5. The Hall–Kier alpha value is -1.19. The molecule has 3 nitrogen and oxygen atoms in total. The van der Waals surface area contributed by atoms with Crippen LogP contribution in [0, 0.1) is 13.8 Å². The minimum atomic E-state index is -0.132. The van der Waals surface area contributed by atoms with Gasteiger partial charge in [-0.3, -0.25) is 9.69 Å². The number of likely N-dealkylation sites (N-methyl/N-ethyl adjacent to an activating group) is 1. The standard InChI is InChI=1S/C17H27NO2/c1-12(2)20-10-9-18(6)15(5)17(19)16-8-7-13(3)14(4)11-16/h7-8,11-12,15H,9-10H2,1-6H3. The lowest BCUT2D eigenvalue weighted by molar-refractivity contribution is 0.0541. The molecule has 0 heterocycles. The predicted molar refractivity (Wildman–Crippen MR) is 83.4 cm³/mol. The maximum absolute atomic E-state index is 12.5. The summed E-state index contributed by atoms with van der Waals surface area (Å²) < 4.78 is 5.53. The molecule has 3 heteroatoms. The molecule has 1 atom stereocenters. The van der Waals surface area contributed by atoms with Crippen LogP contribution < -0.4 is 0 Å². The highest BCUT2D eigenvalue weighted by Gasteiger charge is 2.19. The molecule has 1 aromatic rings. The fourth-order valence-electron chi connectivity index (χ4n) is 1.96. The summed E-state index contributed by atoms with van der Waals surface area (Å²) in [5.74, 6) is 0.167. The van der Waals surface area contributed by atoms with Crippen molar-refractivity contribution in [3.63, 3.8) is 0 Å². The number of hydrogen-bond acceptors (Lipinski definition) is 3. The number of ketones is 1. The molecule has 1 aromatic carbocycles. The summed E-state index contributed by atoms with van der Waals surface area (Å²) in [6.07, 6.45) is 0.231. The second-order valence-corrected chi connectivity index (χ2v) is 5.74. The Balaban J connectivity index is 2.63. The average Bonchev–Trinajstić information content (AvgIpc) is 2.39. The molecule has 0 radical (unpaired) electrons. The van der Waals surface area contributed by atoms with Crippen LogP contribution in [0.1, 0.15) is 42.3 Å². The second kappa shape index (κ2) is 7.55. The minimum Gasteiger partial charge on any atom is -0.377 e. The SMILES string of the molecule is Cc1ccc(C(=O)C(C)N(C)CCOC(C)C)cc1C. The van der Waals surface area contributed by atoms with Gasteiger partial charge in [-0.25, -0.2) is 0 Å².